The number of amides is 1. The summed E-state index contributed by atoms with van der Waals surface area (Å²) in [4.78, 5) is 12.7. The van der Waals surface area contributed by atoms with Crippen LogP contribution < -0.4 is 5.32 Å². The van der Waals surface area contributed by atoms with Crippen molar-refractivity contribution >= 4 is 44.8 Å². The second-order valence-corrected chi connectivity index (χ2v) is 8.77. The molecule has 144 valence electrons. The van der Waals surface area contributed by atoms with Crippen LogP contribution in [-0.2, 0) is 14.8 Å². The fourth-order valence-corrected chi connectivity index (χ4v) is 5.02. The molecule has 1 fully saturated rings. The number of morpholine rings is 1. The van der Waals surface area contributed by atoms with Gasteiger partial charge in [0.1, 0.15) is 0 Å². The second-order valence-electron chi connectivity index (χ2n) is 6.05. The van der Waals surface area contributed by atoms with E-state index in [2.05, 4.69) is 5.32 Å². The molecule has 6 nitrogen and oxygen atoms in total. The molecular weight excluding hydrogens is 411 g/mol. The van der Waals surface area contributed by atoms with Crippen LogP contribution in [0.2, 0.25) is 10.0 Å². The van der Waals surface area contributed by atoms with E-state index >= 15 is 0 Å². The maximum absolute atomic E-state index is 12.9. The van der Waals surface area contributed by atoms with E-state index in [4.69, 9.17) is 27.9 Å². The molecule has 0 spiro atoms. The molecule has 2 aromatic rings. The molecule has 1 amide bonds. The number of anilines is 1. The third-order valence-electron chi connectivity index (χ3n) is 4.22. The lowest BCUT2D eigenvalue weighted by atomic mass is 10.2. The molecule has 9 heteroatoms. The van der Waals surface area contributed by atoms with Crippen LogP contribution in [-0.4, -0.2) is 44.9 Å². The van der Waals surface area contributed by atoms with Gasteiger partial charge in [-0.1, -0.05) is 35.3 Å². The highest BCUT2D eigenvalue weighted by molar-refractivity contribution is 7.89. The quantitative estimate of drug-likeness (QED) is 0.807. The van der Waals surface area contributed by atoms with Gasteiger partial charge in [0.25, 0.3) is 5.91 Å². The molecule has 0 unspecified atom stereocenters. The zero-order valence-corrected chi connectivity index (χ0v) is 16.9. The third-order valence-corrected chi connectivity index (χ3v) is 6.89. The summed E-state index contributed by atoms with van der Waals surface area (Å²) in [7, 11) is -3.68. The van der Waals surface area contributed by atoms with Gasteiger partial charge in [0.05, 0.1) is 33.7 Å². The average Bonchev–Trinajstić information content (AvgIpc) is 2.64. The van der Waals surface area contributed by atoms with E-state index in [9.17, 15) is 13.2 Å². The van der Waals surface area contributed by atoms with Crippen molar-refractivity contribution < 1.29 is 17.9 Å². The Morgan fingerprint density at radius 2 is 1.74 bits per heavy atom. The fraction of sp³-hybridized carbons (Fsp3) is 0.278. The minimum absolute atomic E-state index is 0.138. The number of halogens is 2. The van der Waals surface area contributed by atoms with Gasteiger partial charge < -0.3 is 10.1 Å². The maximum Gasteiger partial charge on any atom is 0.258 e. The molecule has 1 heterocycles. The highest BCUT2D eigenvalue weighted by atomic mass is 35.5. The molecule has 0 atom stereocenters. The largest absolute Gasteiger partial charge is 0.379 e. The molecule has 0 aromatic heterocycles. The van der Waals surface area contributed by atoms with Crippen LogP contribution in [0.5, 0.6) is 0 Å². The number of ether oxygens (including phenoxy) is 1. The number of hydrogen-bond donors (Lipinski definition) is 1. The molecule has 2 aromatic carbocycles. The first-order valence-corrected chi connectivity index (χ1v) is 10.4. The van der Waals surface area contributed by atoms with E-state index in [0.717, 1.165) is 0 Å². The van der Waals surface area contributed by atoms with E-state index in [1.54, 1.807) is 37.3 Å². The summed E-state index contributed by atoms with van der Waals surface area (Å²) in [6, 6.07) is 9.49. The summed E-state index contributed by atoms with van der Waals surface area (Å²) in [5, 5.41) is 3.10. The van der Waals surface area contributed by atoms with Gasteiger partial charge >= 0.3 is 0 Å². The molecule has 0 bridgehead atoms. The molecular formula is C18H18Cl2N2O4S. The number of sulfonamides is 1. The Kier molecular flexibility index (Phi) is 6.08. The van der Waals surface area contributed by atoms with E-state index in [0.29, 0.717) is 37.6 Å². The molecule has 3 rings (SSSR count). The highest BCUT2D eigenvalue weighted by Crippen LogP contribution is 2.27. The van der Waals surface area contributed by atoms with Gasteiger partial charge in [-0.2, -0.15) is 4.31 Å². The van der Waals surface area contributed by atoms with Crippen LogP contribution in [0.1, 0.15) is 15.9 Å². The zero-order chi connectivity index (χ0) is 19.6. The lowest BCUT2D eigenvalue weighted by Gasteiger charge is -2.26. The van der Waals surface area contributed by atoms with Crippen LogP contribution in [0, 0.1) is 6.92 Å². The molecule has 0 radical (unpaired) electrons. The van der Waals surface area contributed by atoms with Crippen molar-refractivity contribution in [3.05, 3.63) is 57.6 Å². The number of nitrogens with one attached hydrogen (secondary N) is 1. The topological polar surface area (TPSA) is 75.7 Å². The molecule has 0 aliphatic carbocycles. The Balaban J connectivity index is 1.90. The first-order valence-electron chi connectivity index (χ1n) is 8.24. The van der Waals surface area contributed by atoms with Gasteiger partial charge in [0, 0.05) is 18.8 Å². The molecule has 1 aliphatic heterocycles. The summed E-state index contributed by atoms with van der Waals surface area (Å²) >= 11 is 12.1. The number of rotatable bonds is 4. The smallest absolute Gasteiger partial charge is 0.258 e. The summed E-state index contributed by atoms with van der Waals surface area (Å²) < 4.78 is 32.5. The summed E-state index contributed by atoms with van der Waals surface area (Å²) in [6.45, 7) is 3.03. The molecule has 0 saturated carbocycles. The number of hydrogen-bond acceptors (Lipinski definition) is 4. The Morgan fingerprint density at radius 3 is 2.37 bits per heavy atom. The van der Waals surface area contributed by atoms with Crippen molar-refractivity contribution in [1.29, 1.82) is 0 Å². The molecule has 1 aliphatic rings. The van der Waals surface area contributed by atoms with Gasteiger partial charge in [0.15, 0.2) is 0 Å². The maximum atomic E-state index is 12.9. The number of aryl methyl sites for hydroxylation is 1. The van der Waals surface area contributed by atoms with Crippen LogP contribution >= 0.6 is 23.2 Å². The Bertz CT molecular complexity index is 953. The first-order chi connectivity index (χ1) is 12.8. The van der Waals surface area contributed by atoms with Crippen LogP contribution in [0.3, 0.4) is 0 Å². The first kappa shape index (κ1) is 20.1. The Labute approximate surface area is 168 Å². The van der Waals surface area contributed by atoms with E-state index in [1.165, 1.54) is 10.4 Å². The SMILES string of the molecule is Cc1ccc(NC(=O)c2c(Cl)cccc2Cl)cc1S(=O)(=O)N1CCOCC1. The van der Waals surface area contributed by atoms with Gasteiger partial charge in [-0.25, -0.2) is 8.42 Å². The number of carbonyl (C=O) groups excluding carboxylic acids is 1. The lowest BCUT2D eigenvalue weighted by Crippen LogP contribution is -2.40. The number of benzene rings is 2. The van der Waals surface area contributed by atoms with Crippen LogP contribution in [0.25, 0.3) is 0 Å². The monoisotopic (exact) mass is 428 g/mol. The minimum atomic E-state index is -3.68. The predicted octanol–water partition coefficient (Wildman–Crippen LogP) is 3.58. The van der Waals surface area contributed by atoms with Gasteiger partial charge in [-0.05, 0) is 36.8 Å². The fourth-order valence-electron chi connectivity index (χ4n) is 2.79. The summed E-state index contributed by atoms with van der Waals surface area (Å²) in [6.07, 6.45) is 0. The van der Waals surface area contributed by atoms with E-state index in [1.807, 2.05) is 0 Å². The molecule has 1 N–H and O–H groups in total. The van der Waals surface area contributed by atoms with E-state index in [-0.39, 0.29) is 20.5 Å². The van der Waals surface area contributed by atoms with Crippen LogP contribution in [0.4, 0.5) is 5.69 Å². The van der Waals surface area contributed by atoms with Crippen molar-refractivity contribution in [2.45, 2.75) is 11.8 Å². The van der Waals surface area contributed by atoms with E-state index < -0.39 is 15.9 Å². The Morgan fingerprint density at radius 1 is 1.11 bits per heavy atom. The Hall–Kier alpha value is -1.64. The standard InChI is InChI=1S/C18H18Cl2N2O4S/c1-12-5-6-13(21-18(23)17-14(19)3-2-4-15(17)20)11-16(12)27(24,25)22-7-9-26-10-8-22/h2-6,11H,7-10H2,1H3,(H,21,23). The average molecular weight is 429 g/mol. The second kappa shape index (κ2) is 8.16. The van der Waals surface area contributed by atoms with Crippen molar-refractivity contribution in [1.82, 2.24) is 4.31 Å². The van der Waals surface area contributed by atoms with Gasteiger partial charge in [-0.3, -0.25) is 4.79 Å². The third kappa shape index (κ3) is 4.28. The zero-order valence-electron chi connectivity index (χ0n) is 14.5. The van der Waals surface area contributed by atoms with Crippen molar-refractivity contribution in [3.63, 3.8) is 0 Å². The van der Waals surface area contributed by atoms with Crippen LogP contribution in [0.15, 0.2) is 41.3 Å². The normalized spacial score (nSPS) is 15.5. The van der Waals surface area contributed by atoms with Gasteiger partial charge in [0.2, 0.25) is 10.0 Å². The van der Waals surface area contributed by atoms with Crippen molar-refractivity contribution in [2.24, 2.45) is 0 Å². The molecule has 1 saturated heterocycles. The predicted molar refractivity (Wildman–Crippen MR) is 105 cm³/mol. The van der Waals surface area contributed by atoms with Crippen molar-refractivity contribution in [3.8, 4) is 0 Å². The number of carbonyl (C=O) groups is 1. The highest BCUT2D eigenvalue weighted by Gasteiger charge is 2.28. The number of nitrogens with zero attached hydrogens (tertiary/aromatic N) is 1. The summed E-state index contributed by atoms with van der Waals surface area (Å²) in [5.41, 5.74) is 1.07. The van der Waals surface area contributed by atoms with Gasteiger partial charge in [-0.15, -0.1) is 0 Å². The minimum Gasteiger partial charge on any atom is -0.379 e. The summed E-state index contributed by atoms with van der Waals surface area (Å²) in [5.74, 6) is -0.510. The lowest BCUT2D eigenvalue weighted by molar-refractivity contribution is 0.0730. The van der Waals surface area contributed by atoms with Crippen molar-refractivity contribution in [2.75, 3.05) is 31.6 Å². The molecule has 27 heavy (non-hydrogen) atoms.